The van der Waals surface area contributed by atoms with E-state index in [9.17, 15) is 10.0 Å². The van der Waals surface area contributed by atoms with Crippen LogP contribution in [-0.2, 0) is 11.3 Å². The number of imidazole rings is 1. The molecule has 0 atom stereocenters. The van der Waals surface area contributed by atoms with Crippen LogP contribution in [0.2, 0.25) is 0 Å². The maximum absolute atomic E-state index is 12.3. The lowest BCUT2D eigenvalue weighted by Crippen LogP contribution is -2.32. The predicted octanol–water partition coefficient (Wildman–Crippen LogP) is 1.36. The zero-order chi connectivity index (χ0) is 17.6. The highest BCUT2D eigenvalue weighted by molar-refractivity contribution is 9.10. The van der Waals surface area contributed by atoms with Gasteiger partial charge in [-0.2, -0.15) is 4.98 Å². The second-order valence-corrected chi connectivity index (χ2v) is 6.28. The first kappa shape index (κ1) is 16.5. The highest BCUT2D eigenvalue weighted by Gasteiger charge is 2.24. The lowest BCUT2D eigenvalue weighted by atomic mass is 10.0. The van der Waals surface area contributed by atoms with Gasteiger partial charge in [-0.25, -0.2) is 9.78 Å². The van der Waals surface area contributed by atoms with Gasteiger partial charge >= 0.3 is 5.69 Å². The van der Waals surface area contributed by atoms with Crippen molar-refractivity contribution in [3.63, 3.8) is 0 Å². The molecule has 1 aliphatic heterocycles. The molecule has 0 fully saturated rings. The monoisotopic (exact) mass is 396 g/mol. The molecule has 9 nitrogen and oxygen atoms in total. The summed E-state index contributed by atoms with van der Waals surface area (Å²) in [6.07, 6.45) is 0. The van der Waals surface area contributed by atoms with Crippen LogP contribution in [-0.4, -0.2) is 43.4 Å². The fourth-order valence-electron chi connectivity index (χ4n) is 2.87. The highest BCUT2D eigenvalue weighted by atomic mass is 79.9. The zero-order valence-corrected chi connectivity index (χ0v) is 15.0. The molecule has 24 heavy (non-hydrogen) atoms. The number of fused-ring (bicyclic) bond motifs is 1. The van der Waals surface area contributed by atoms with E-state index in [1.807, 2.05) is 13.8 Å². The van der Waals surface area contributed by atoms with Crippen LogP contribution < -0.4 is 11.4 Å². The van der Waals surface area contributed by atoms with E-state index in [2.05, 4.69) is 30.9 Å². The van der Waals surface area contributed by atoms with E-state index >= 15 is 0 Å². The molecule has 3 rings (SSSR count). The molecule has 0 bridgehead atoms. The molecule has 128 valence electrons. The van der Waals surface area contributed by atoms with E-state index in [1.165, 1.54) is 4.57 Å². The van der Waals surface area contributed by atoms with Gasteiger partial charge in [0.25, 0.3) is 0 Å². The van der Waals surface area contributed by atoms with Crippen LogP contribution in [0.3, 0.4) is 0 Å². The number of allylic oxidation sites excluding steroid dienone is 2. The summed E-state index contributed by atoms with van der Waals surface area (Å²) in [5.74, 6) is 0.754. The predicted molar refractivity (Wildman–Crippen MR) is 91.2 cm³/mol. The maximum atomic E-state index is 12.3. The van der Waals surface area contributed by atoms with Gasteiger partial charge in [0.1, 0.15) is 15.9 Å². The van der Waals surface area contributed by atoms with Crippen LogP contribution in [0.5, 0.6) is 0 Å². The Morgan fingerprint density at radius 3 is 2.79 bits per heavy atom. The number of rotatable bonds is 3. The van der Waals surface area contributed by atoms with Gasteiger partial charge in [0.2, 0.25) is 5.95 Å². The van der Waals surface area contributed by atoms with Crippen LogP contribution in [0.25, 0.3) is 11.2 Å². The number of H-pyrrole nitrogens is 1. The van der Waals surface area contributed by atoms with E-state index in [0.717, 1.165) is 16.2 Å². The van der Waals surface area contributed by atoms with E-state index in [0.29, 0.717) is 33.8 Å². The van der Waals surface area contributed by atoms with Gasteiger partial charge < -0.3 is 15.5 Å². The van der Waals surface area contributed by atoms with Crippen molar-refractivity contribution in [1.29, 1.82) is 0 Å². The number of anilines is 1. The van der Waals surface area contributed by atoms with Crippen molar-refractivity contribution in [2.24, 2.45) is 0 Å². The first-order chi connectivity index (χ1) is 11.3. The molecule has 0 unspecified atom stereocenters. The van der Waals surface area contributed by atoms with Crippen LogP contribution >= 0.6 is 15.9 Å². The zero-order valence-electron chi connectivity index (χ0n) is 13.4. The lowest BCUT2D eigenvalue weighted by Gasteiger charge is -2.29. The minimum atomic E-state index is -0.371. The third-order valence-electron chi connectivity index (χ3n) is 3.97. The maximum Gasteiger partial charge on any atom is 0.328 e. The first-order valence-electron chi connectivity index (χ1n) is 7.15. The van der Waals surface area contributed by atoms with Crippen molar-refractivity contribution >= 4 is 33.0 Å². The number of nitrogen functional groups attached to an aromatic ring is 1. The Kier molecular flexibility index (Phi) is 4.10. The van der Waals surface area contributed by atoms with Gasteiger partial charge in [-0.1, -0.05) is 0 Å². The Balaban J connectivity index is 2.15. The SMILES string of the molecule is COC1=C(C)CN(O)C(Cn2c(=O)[nH]c3c(Br)nc(N)nc32)=C1C. The number of aromatic amines is 1. The standard InChI is InChI=1S/C14H17BrN6O3/c1-6-4-21(23)8(7(2)10(6)24-3)5-20-12-9(17-14(20)22)11(15)18-13(16)19-12/h23H,4-5H2,1-3H3,(H,17,22)(H2,16,18,19). The molecule has 0 saturated carbocycles. The molecule has 0 amide bonds. The van der Waals surface area contributed by atoms with Crippen LogP contribution in [0.15, 0.2) is 32.0 Å². The highest BCUT2D eigenvalue weighted by Crippen LogP contribution is 2.28. The van der Waals surface area contributed by atoms with Crippen molar-refractivity contribution < 1.29 is 9.94 Å². The summed E-state index contributed by atoms with van der Waals surface area (Å²) in [5.41, 5.74) is 8.32. The second-order valence-electron chi connectivity index (χ2n) is 5.53. The first-order valence-corrected chi connectivity index (χ1v) is 7.94. The van der Waals surface area contributed by atoms with E-state index in [-0.39, 0.29) is 18.2 Å². The van der Waals surface area contributed by atoms with E-state index < -0.39 is 0 Å². The van der Waals surface area contributed by atoms with Crippen LogP contribution in [0.4, 0.5) is 5.95 Å². The largest absolute Gasteiger partial charge is 0.496 e. The van der Waals surface area contributed by atoms with E-state index in [1.54, 1.807) is 7.11 Å². The van der Waals surface area contributed by atoms with Crippen molar-refractivity contribution in [3.8, 4) is 0 Å². The number of hydrogen-bond acceptors (Lipinski definition) is 7. The summed E-state index contributed by atoms with van der Waals surface area (Å²) in [7, 11) is 1.58. The number of ether oxygens (including phenoxy) is 1. The van der Waals surface area contributed by atoms with Gasteiger partial charge in [-0.3, -0.25) is 14.8 Å². The normalized spacial score (nSPS) is 15.6. The average Bonchev–Trinajstić information content (AvgIpc) is 2.80. The minimum Gasteiger partial charge on any atom is -0.496 e. The molecule has 3 heterocycles. The van der Waals surface area contributed by atoms with Crippen molar-refractivity contribution in [2.75, 3.05) is 19.4 Å². The van der Waals surface area contributed by atoms with Crippen LogP contribution in [0.1, 0.15) is 13.8 Å². The Bertz CT molecular complexity index is 942. The number of nitrogens with zero attached hydrogens (tertiary/aromatic N) is 4. The Morgan fingerprint density at radius 2 is 2.12 bits per heavy atom. The number of methoxy groups -OCH3 is 1. The molecule has 2 aromatic heterocycles. The summed E-state index contributed by atoms with van der Waals surface area (Å²) in [4.78, 5) is 23.1. The molecule has 10 heteroatoms. The van der Waals surface area contributed by atoms with Crippen molar-refractivity contribution in [2.45, 2.75) is 20.4 Å². The Morgan fingerprint density at radius 1 is 1.42 bits per heavy atom. The summed E-state index contributed by atoms with van der Waals surface area (Å²) in [6.45, 7) is 4.13. The Labute approximate surface area is 145 Å². The summed E-state index contributed by atoms with van der Waals surface area (Å²) in [6, 6.07) is 0. The summed E-state index contributed by atoms with van der Waals surface area (Å²) >= 11 is 3.26. The third kappa shape index (κ3) is 2.57. The topological polar surface area (TPSA) is 122 Å². The molecule has 2 aromatic rings. The number of hydrogen-bond donors (Lipinski definition) is 3. The van der Waals surface area contributed by atoms with Gasteiger partial charge in [0.15, 0.2) is 5.65 Å². The van der Waals surface area contributed by atoms with Crippen molar-refractivity contribution in [3.05, 3.63) is 37.7 Å². The number of nitrogens with two attached hydrogens (primary N) is 1. The molecule has 0 aromatic carbocycles. The smallest absolute Gasteiger partial charge is 0.328 e. The fourth-order valence-corrected chi connectivity index (χ4v) is 3.33. The molecule has 0 aliphatic carbocycles. The van der Waals surface area contributed by atoms with Gasteiger partial charge in [0, 0.05) is 5.57 Å². The Hall–Kier alpha value is -2.33. The number of hydroxylamine groups is 2. The van der Waals surface area contributed by atoms with Gasteiger partial charge in [-0.05, 0) is 35.4 Å². The number of halogens is 1. The number of aromatic nitrogens is 4. The molecule has 0 radical (unpaired) electrons. The molecular weight excluding hydrogens is 380 g/mol. The third-order valence-corrected chi connectivity index (χ3v) is 4.54. The second kappa shape index (κ2) is 5.95. The minimum absolute atomic E-state index is 0.0469. The van der Waals surface area contributed by atoms with Crippen molar-refractivity contribution in [1.82, 2.24) is 24.6 Å². The summed E-state index contributed by atoms with van der Waals surface area (Å²) in [5, 5.41) is 11.4. The molecule has 1 aliphatic rings. The van der Waals surface area contributed by atoms with E-state index in [4.69, 9.17) is 10.5 Å². The number of nitrogens with one attached hydrogen (secondary N) is 1. The average molecular weight is 397 g/mol. The lowest BCUT2D eigenvalue weighted by molar-refractivity contribution is -0.0557. The molecule has 0 saturated heterocycles. The van der Waals surface area contributed by atoms with Gasteiger partial charge in [0.05, 0.1) is 25.9 Å². The van der Waals surface area contributed by atoms with Gasteiger partial charge in [-0.15, -0.1) is 0 Å². The molecule has 0 spiro atoms. The molecule has 4 N–H and O–H groups in total. The fraction of sp³-hybridized carbons (Fsp3) is 0.357. The van der Waals surface area contributed by atoms with Crippen LogP contribution in [0, 0.1) is 0 Å². The molecular formula is C14H17BrN6O3. The quantitative estimate of drug-likeness (QED) is 0.669. The summed E-state index contributed by atoms with van der Waals surface area (Å²) < 4.78 is 7.21.